The summed E-state index contributed by atoms with van der Waals surface area (Å²) in [7, 11) is 0. The number of nitrogens with zero attached hydrogens (tertiary/aromatic N) is 3. The molecule has 0 unspecified atom stereocenters. The van der Waals surface area contributed by atoms with Gasteiger partial charge in [0.2, 0.25) is 0 Å². The number of carboxylic acid groups (broad SMARTS) is 1. The summed E-state index contributed by atoms with van der Waals surface area (Å²) in [6, 6.07) is 30.5. The molecule has 0 amide bonds. The van der Waals surface area contributed by atoms with Crippen LogP contribution in [0.5, 0.6) is 5.75 Å². The van der Waals surface area contributed by atoms with Crippen LogP contribution in [0.1, 0.15) is 21.5 Å². The SMILES string of the molecule is O=C(O)c1cccc(COc2ccc(C=Nn3c(-c4ccccc4)nc4ccccc4c3=O)cc2)c1. The number of ether oxygens (including phenoxy) is 1. The Hall–Kier alpha value is -5.04. The van der Waals surface area contributed by atoms with E-state index in [1.165, 1.54) is 4.68 Å². The molecule has 1 heterocycles. The Bertz CT molecular complexity index is 1620. The van der Waals surface area contributed by atoms with Gasteiger partial charge in [-0.2, -0.15) is 9.78 Å². The van der Waals surface area contributed by atoms with Crippen LogP contribution in [0, 0.1) is 0 Å². The zero-order valence-corrected chi connectivity index (χ0v) is 19.1. The third-order valence-corrected chi connectivity index (χ3v) is 5.57. The first-order valence-corrected chi connectivity index (χ1v) is 11.3. The van der Waals surface area contributed by atoms with Gasteiger partial charge in [0, 0.05) is 5.56 Å². The molecule has 0 aliphatic heterocycles. The predicted octanol–water partition coefficient (Wildman–Crippen LogP) is 5.22. The molecule has 0 saturated carbocycles. The molecular formula is C29H21N3O4. The number of hydrogen-bond donors (Lipinski definition) is 1. The van der Waals surface area contributed by atoms with E-state index in [1.807, 2.05) is 60.7 Å². The van der Waals surface area contributed by atoms with Gasteiger partial charge in [-0.3, -0.25) is 4.79 Å². The van der Waals surface area contributed by atoms with Crippen LogP contribution in [0.25, 0.3) is 22.3 Å². The fourth-order valence-electron chi connectivity index (χ4n) is 3.74. The van der Waals surface area contributed by atoms with Crippen LogP contribution in [0.15, 0.2) is 113 Å². The Morgan fingerprint density at radius 2 is 1.67 bits per heavy atom. The van der Waals surface area contributed by atoms with Gasteiger partial charge in [0.1, 0.15) is 12.4 Å². The normalized spacial score (nSPS) is 11.1. The van der Waals surface area contributed by atoms with Crippen LogP contribution < -0.4 is 10.3 Å². The van der Waals surface area contributed by atoms with Gasteiger partial charge in [-0.15, -0.1) is 0 Å². The van der Waals surface area contributed by atoms with E-state index in [1.54, 1.807) is 48.7 Å². The third-order valence-electron chi connectivity index (χ3n) is 5.57. The first kappa shape index (κ1) is 22.7. The minimum Gasteiger partial charge on any atom is -0.489 e. The van der Waals surface area contributed by atoms with Crippen molar-refractivity contribution < 1.29 is 14.6 Å². The van der Waals surface area contributed by atoms with Crippen LogP contribution >= 0.6 is 0 Å². The topological polar surface area (TPSA) is 93.8 Å². The second kappa shape index (κ2) is 10.1. The largest absolute Gasteiger partial charge is 0.489 e. The van der Waals surface area contributed by atoms with Gasteiger partial charge in [-0.1, -0.05) is 54.6 Å². The lowest BCUT2D eigenvalue weighted by Crippen LogP contribution is -2.20. The second-order valence-corrected chi connectivity index (χ2v) is 8.04. The number of aromatic carboxylic acids is 1. The quantitative estimate of drug-likeness (QED) is 0.326. The number of carboxylic acids is 1. The van der Waals surface area contributed by atoms with Crippen LogP contribution in [-0.4, -0.2) is 27.0 Å². The minimum atomic E-state index is -0.975. The summed E-state index contributed by atoms with van der Waals surface area (Å²) in [6.45, 7) is 0.243. The molecule has 0 aliphatic rings. The Balaban J connectivity index is 1.39. The summed E-state index contributed by atoms with van der Waals surface area (Å²) in [4.78, 5) is 29.1. The number of carbonyl (C=O) groups is 1. The lowest BCUT2D eigenvalue weighted by Gasteiger charge is -2.09. The van der Waals surface area contributed by atoms with Crippen molar-refractivity contribution in [2.75, 3.05) is 0 Å². The van der Waals surface area contributed by atoms with E-state index >= 15 is 0 Å². The lowest BCUT2D eigenvalue weighted by molar-refractivity contribution is 0.0696. The van der Waals surface area contributed by atoms with Gasteiger partial charge in [0.15, 0.2) is 5.82 Å². The average molecular weight is 476 g/mol. The van der Waals surface area contributed by atoms with Crippen molar-refractivity contribution in [1.82, 2.24) is 9.66 Å². The van der Waals surface area contributed by atoms with Crippen LogP contribution in [0.3, 0.4) is 0 Å². The first-order chi connectivity index (χ1) is 17.6. The summed E-state index contributed by atoms with van der Waals surface area (Å²) < 4.78 is 7.10. The number of rotatable bonds is 7. The van der Waals surface area contributed by atoms with Gasteiger partial charge in [0.25, 0.3) is 5.56 Å². The molecule has 5 aromatic rings. The molecule has 176 valence electrons. The monoisotopic (exact) mass is 475 g/mol. The highest BCUT2D eigenvalue weighted by Crippen LogP contribution is 2.19. The minimum absolute atomic E-state index is 0.218. The maximum absolute atomic E-state index is 13.2. The number of hydrogen-bond acceptors (Lipinski definition) is 5. The van der Waals surface area contributed by atoms with Crippen LogP contribution in [0.4, 0.5) is 0 Å². The Labute approximate surface area is 206 Å². The molecule has 0 bridgehead atoms. The maximum atomic E-state index is 13.2. The van der Waals surface area contributed by atoms with E-state index in [0.717, 1.165) is 16.7 Å². The summed E-state index contributed by atoms with van der Waals surface area (Å²) in [5, 5.41) is 14.1. The lowest BCUT2D eigenvalue weighted by atomic mass is 10.1. The Kier molecular flexibility index (Phi) is 6.36. The zero-order chi connectivity index (χ0) is 24.9. The van der Waals surface area contributed by atoms with Gasteiger partial charge >= 0.3 is 5.97 Å². The number of benzene rings is 4. The van der Waals surface area contributed by atoms with Gasteiger partial charge in [-0.05, 0) is 59.7 Å². The van der Waals surface area contributed by atoms with E-state index in [0.29, 0.717) is 22.5 Å². The summed E-state index contributed by atoms with van der Waals surface area (Å²) in [5.41, 5.74) is 2.90. The molecule has 7 nitrogen and oxygen atoms in total. The molecule has 0 saturated heterocycles. The van der Waals surface area contributed by atoms with Crippen molar-refractivity contribution in [2.45, 2.75) is 6.61 Å². The summed E-state index contributed by atoms with van der Waals surface area (Å²) in [6.07, 6.45) is 1.60. The predicted molar refractivity (Wildman–Crippen MR) is 139 cm³/mol. The van der Waals surface area contributed by atoms with E-state index < -0.39 is 5.97 Å². The first-order valence-electron chi connectivity index (χ1n) is 11.3. The van der Waals surface area contributed by atoms with E-state index in [2.05, 4.69) is 5.10 Å². The van der Waals surface area contributed by atoms with Gasteiger partial charge in [-0.25, -0.2) is 9.78 Å². The molecule has 7 heteroatoms. The molecule has 5 rings (SSSR count). The fourth-order valence-corrected chi connectivity index (χ4v) is 3.74. The Morgan fingerprint density at radius 3 is 2.44 bits per heavy atom. The molecular weight excluding hydrogens is 454 g/mol. The summed E-state index contributed by atoms with van der Waals surface area (Å²) >= 11 is 0. The smallest absolute Gasteiger partial charge is 0.335 e. The highest BCUT2D eigenvalue weighted by Gasteiger charge is 2.12. The van der Waals surface area contributed by atoms with Crippen LogP contribution in [-0.2, 0) is 6.61 Å². The highest BCUT2D eigenvalue weighted by molar-refractivity contribution is 5.87. The van der Waals surface area contributed by atoms with Crippen molar-refractivity contribution in [2.24, 2.45) is 5.10 Å². The molecule has 0 aliphatic carbocycles. The maximum Gasteiger partial charge on any atom is 0.335 e. The molecule has 0 atom stereocenters. The second-order valence-electron chi connectivity index (χ2n) is 8.04. The van der Waals surface area contributed by atoms with Crippen molar-refractivity contribution in [3.05, 3.63) is 130 Å². The molecule has 36 heavy (non-hydrogen) atoms. The number of aromatic nitrogens is 2. The average Bonchev–Trinajstić information content (AvgIpc) is 2.92. The fraction of sp³-hybridized carbons (Fsp3) is 0.0345. The molecule has 4 aromatic carbocycles. The zero-order valence-electron chi connectivity index (χ0n) is 19.1. The molecule has 0 spiro atoms. The molecule has 0 radical (unpaired) electrons. The third kappa shape index (κ3) is 4.90. The van der Waals surface area contributed by atoms with Gasteiger partial charge in [0.05, 0.1) is 22.7 Å². The summed E-state index contributed by atoms with van der Waals surface area (Å²) in [5.74, 6) is 0.109. The van der Waals surface area contributed by atoms with Crippen molar-refractivity contribution in [1.29, 1.82) is 0 Å². The molecule has 1 aromatic heterocycles. The standard InChI is InChI=1S/C29H21N3O4/c33-28-25-11-4-5-12-26(25)31-27(22-8-2-1-3-9-22)32(28)30-18-20-13-15-24(16-14-20)36-19-21-7-6-10-23(17-21)29(34)35/h1-18H,19H2,(H,34,35). The van der Waals surface area contributed by atoms with E-state index in [4.69, 9.17) is 14.8 Å². The van der Waals surface area contributed by atoms with Gasteiger partial charge < -0.3 is 9.84 Å². The highest BCUT2D eigenvalue weighted by atomic mass is 16.5. The molecule has 1 N–H and O–H groups in total. The molecule has 0 fully saturated rings. The van der Waals surface area contributed by atoms with E-state index in [-0.39, 0.29) is 17.7 Å². The Morgan fingerprint density at radius 1 is 0.917 bits per heavy atom. The van der Waals surface area contributed by atoms with E-state index in [9.17, 15) is 9.59 Å². The van der Waals surface area contributed by atoms with Crippen molar-refractivity contribution in [3.63, 3.8) is 0 Å². The number of para-hydroxylation sites is 1. The van der Waals surface area contributed by atoms with Crippen LogP contribution in [0.2, 0.25) is 0 Å². The number of fused-ring (bicyclic) bond motifs is 1. The van der Waals surface area contributed by atoms with Crippen molar-refractivity contribution >= 4 is 23.1 Å². The van der Waals surface area contributed by atoms with Crippen molar-refractivity contribution in [3.8, 4) is 17.1 Å².